The van der Waals surface area contributed by atoms with Crippen LogP contribution in [0.3, 0.4) is 0 Å². The number of H-pyrrole nitrogens is 1. The van der Waals surface area contributed by atoms with Gasteiger partial charge in [-0.25, -0.2) is 4.98 Å². The first-order valence-electron chi connectivity index (χ1n) is 12.6. The third-order valence-electron chi connectivity index (χ3n) is 7.30. The van der Waals surface area contributed by atoms with E-state index < -0.39 is 11.2 Å². The van der Waals surface area contributed by atoms with Gasteiger partial charge in [0.1, 0.15) is 5.82 Å². The molecule has 4 rings (SSSR count). The Morgan fingerprint density at radius 2 is 1.69 bits per heavy atom. The Bertz CT molecular complexity index is 1310. The number of rotatable bonds is 10. The van der Waals surface area contributed by atoms with Gasteiger partial charge in [0.15, 0.2) is 0 Å². The minimum absolute atomic E-state index is 0.416. The van der Waals surface area contributed by atoms with E-state index >= 15 is 0 Å². The van der Waals surface area contributed by atoms with Gasteiger partial charge in [0.25, 0.3) is 0 Å². The van der Waals surface area contributed by atoms with E-state index in [1.165, 1.54) is 10.9 Å². The van der Waals surface area contributed by atoms with Gasteiger partial charge in [-0.2, -0.15) is 0 Å². The lowest BCUT2D eigenvalue weighted by Crippen LogP contribution is -2.49. The first-order chi connectivity index (χ1) is 16.6. The fourth-order valence-corrected chi connectivity index (χ4v) is 4.18. The molecular weight excluding hydrogens is 433 g/mol. The van der Waals surface area contributed by atoms with Crippen LogP contribution in [0.1, 0.15) is 65.6 Å². The zero-order chi connectivity index (χ0) is 25.2. The molecule has 0 fully saturated rings. The molecule has 1 unspecified atom stereocenters. The smallest absolute Gasteiger partial charge is 0.330 e. The molecule has 0 aliphatic rings. The van der Waals surface area contributed by atoms with E-state index in [1.54, 1.807) is 21.3 Å². The Morgan fingerprint density at radius 3 is 2.40 bits per heavy atom. The number of nitrogens with two attached hydrogens (primary N) is 1. The summed E-state index contributed by atoms with van der Waals surface area (Å²) in [5.74, 6) is 1.48. The number of imidazole rings is 1. The molecule has 0 spiro atoms. The molecular formula is C29H37BN3O2. The zero-order valence-electron chi connectivity index (χ0n) is 21.6. The number of nitrogens with zero attached hydrogens (tertiary/aromatic N) is 1. The number of aliphatic hydroxyl groups is 1. The van der Waals surface area contributed by atoms with Crippen molar-refractivity contribution in [3.05, 3.63) is 60.4 Å². The Hall–Kier alpha value is -2.67. The van der Waals surface area contributed by atoms with Gasteiger partial charge in [0.05, 0.1) is 22.2 Å². The molecule has 183 valence electrons. The second-order valence-corrected chi connectivity index (χ2v) is 10.5. The summed E-state index contributed by atoms with van der Waals surface area (Å²) in [6.45, 7) is 10.2. The fraction of sp³-hybridized carbons (Fsp3) is 0.414. The average molecular weight is 470 g/mol. The summed E-state index contributed by atoms with van der Waals surface area (Å²) >= 11 is 0. The maximum Gasteiger partial charge on any atom is 0.330 e. The number of hydrogen-bond donors (Lipinski definition) is 3. The van der Waals surface area contributed by atoms with Crippen molar-refractivity contribution in [3.63, 3.8) is 0 Å². The van der Waals surface area contributed by atoms with E-state index in [4.69, 9.17) is 15.4 Å². The molecule has 5 nitrogen and oxygen atoms in total. The van der Waals surface area contributed by atoms with E-state index in [2.05, 4.69) is 60.4 Å². The molecule has 6 heteroatoms. The van der Waals surface area contributed by atoms with Crippen molar-refractivity contribution in [2.75, 3.05) is 6.54 Å². The minimum Gasteiger partial charge on any atom is -0.427 e. The first-order valence-corrected chi connectivity index (χ1v) is 12.6. The standard InChI is InChI=1S/C29H37BN3O2/c1-6-19(8-7-15-31)27-32-25-14-12-23(18-26(25)33-27)20-9-10-22-17-24(13-11-21(22)16-20)30-35-29(4,5)28(2,3)34/h9-14,16-19,34H,6-8,15,31H2,1-5H3,(H,32,33). The van der Waals surface area contributed by atoms with Crippen molar-refractivity contribution < 1.29 is 9.76 Å². The van der Waals surface area contributed by atoms with Crippen LogP contribution < -0.4 is 11.2 Å². The molecule has 0 saturated heterocycles. The summed E-state index contributed by atoms with van der Waals surface area (Å²) in [5, 5.41) is 12.6. The van der Waals surface area contributed by atoms with Crippen molar-refractivity contribution in [1.82, 2.24) is 9.97 Å². The van der Waals surface area contributed by atoms with Crippen molar-refractivity contribution in [2.45, 2.75) is 71.0 Å². The van der Waals surface area contributed by atoms with Gasteiger partial charge < -0.3 is 20.5 Å². The molecule has 0 bridgehead atoms. The Balaban J connectivity index is 1.55. The number of aromatic amines is 1. The Morgan fingerprint density at radius 1 is 1.00 bits per heavy atom. The normalized spacial score (nSPS) is 13.5. The lowest BCUT2D eigenvalue weighted by Gasteiger charge is -2.37. The van der Waals surface area contributed by atoms with Crippen LogP contribution in [0.2, 0.25) is 0 Å². The van der Waals surface area contributed by atoms with Gasteiger partial charge in [-0.05, 0) is 93.6 Å². The SMILES string of the molecule is CCC(CCCN)c1nc2ccc(-c3ccc4cc([B]OC(C)(C)C(C)(C)O)ccc4c3)cc2[nH]1. The summed E-state index contributed by atoms with van der Waals surface area (Å²) in [6, 6.07) is 19.2. The van der Waals surface area contributed by atoms with Crippen LogP contribution in [-0.4, -0.2) is 40.3 Å². The van der Waals surface area contributed by atoms with Crippen LogP contribution in [-0.2, 0) is 4.65 Å². The number of aromatic nitrogens is 2. The predicted octanol–water partition coefficient (Wildman–Crippen LogP) is 5.43. The van der Waals surface area contributed by atoms with E-state index in [-0.39, 0.29) is 0 Å². The van der Waals surface area contributed by atoms with Crippen LogP contribution in [0.5, 0.6) is 0 Å². The molecule has 1 radical (unpaired) electrons. The van der Waals surface area contributed by atoms with Gasteiger partial charge in [-0.1, -0.05) is 48.8 Å². The van der Waals surface area contributed by atoms with E-state index in [0.29, 0.717) is 12.5 Å². The number of hydrogen-bond acceptors (Lipinski definition) is 4. The topological polar surface area (TPSA) is 84.2 Å². The molecule has 35 heavy (non-hydrogen) atoms. The second-order valence-electron chi connectivity index (χ2n) is 10.5. The third-order valence-corrected chi connectivity index (χ3v) is 7.30. The highest BCUT2D eigenvalue weighted by atomic mass is 16.5. The maximum atomic E-state index is 10.3. The molecule has 0 aliphatic heterocycles. The summed E-state index contributed by atoms with van der Waals surface area (Å²) in [5.41, 5.74) is 9.44. The van der Waals surface area contributed by atoms with Gasteiger partial charge >= 0.3 is 7.48 Å². The Kier molecular flexibility index (Phi) is 7.36. The van der Waals surface area contributed by atoms with Gasteiger partial charge in [0, 0.05) is 5.92 Å². The lowest BCUT2D eigenvalue weighted by atomic mass is 9.82. The zero-order valence-corrected chi connectivity index (χ0v) is 21.6. The summed E-state index contributed by atoms with van der Waals surface area (Å²) < 4.78 is 5.92. The largest absolute Gasteiger partial charge is 0.427 e. The number of benzene rings is 3. The van der Waals surface area contributed by atoms with Crippen LogP contribution in [0.4, 0.5) is 0 Å². The van der Waals surface area contributed by atoms with Gasteiger partial charge in [0.2, 0.25) is 0 Å². The van der Waals surface area contributed by atoms with Crippen molar-refractivity contribution in [2.24, 2.45) is 5.73 Å². The monoisotopic (exact) mass is 470 g/mol. The highest BCUT2D eigenvalue weighted by Crippen LogP contribution is 2.29. The van der Waals surface area contributed by atoms with Gasteiger partial charge in [-0.15, -0.1) is 0 Å². The quantitative estimate of drug-likeness (QED) is 0.270. The molecule has 4 N–H and O–H groups in total. The molecule has 0 aliphatic carbocycles. The molecule has 1 atom stereocenters. The third kappa shape index (κ3) is 5.61. The average Bonchev–Trinajstić information content (AvgIpc) is 3.25. The fourth-order valence-electron chi connectivity index (χ4n) is 4.18. The maximum absolute atomic E-state index is 10.3. The summed E-state index contributed by atoms with van der Waals surface area (Å²) in [7, 11) is 1.73. The predicted molar refractivity (Wildman–Crippen MR) is 147 cm³/mol. The lowest BCUT2D eigenvalue weighted by molar-refractivity contribution is -0.0893. The Labute approximate surface area is 209 Å². The van der Waals surface area contributed by atoms with Gasteiger partial charge in [-0.3, -0.25) is 0 Å². The minimum atomic E-state index is -0.951. The molecule has 4 aromatic rings. The van der Waals surface area contributed by atoms with E-state index in [0.717, 1.165) is 52.5 Å². The highest BCUT2D eigenvalue weighted by Gasteiger charge is 2.35. The van der Waals surface area contributed by atoms with Crippen LogP contribution >= 0.6 is 0 Å². The van der Waals surface area contributed by atoms with Crippen LogP contribution in [0.15, 0.2) is 54.6 Å². The molecule has 0 amide bonds. The number of fused-ring (bicyclic) bond motifs is 2. The highest BCUT2D eigenvalue weighted by molar-refractivity contribution is 6.47. The molecule has 0 saturated carbocycles. The van der Waals surface area contributed by atoms with Crippen LogP contribution in [0, 0.1) is 0 Å². The van der Waals surface area contributed by atoms with E-state index in [9.17, 15) is 5.11 Å². The van der Waals surface area contributed by atoms with Crippen LogP contribution in [0.25, 0.3) is 32.9 Å². The van der Waals surface area contributed by atoms with Crippen molar-refractivity contribution in [3.8, 4) is 11.1 Å². The second kappa shape index (κ2) is 10.1. The summed E-state index contributed by atoms with van der Waals surface area (Å²) in [6.07, 6.45) is 3.13. The number of nitrogens with one attached hydrogen (secondary N) is 1. The van der Waals surface area contributed by atoms with Crippen molar-refractivity contribution in [1.29, 1.82) is 0 Å². The van der Waals surface area contributed by atoms with Crippen molar-refractivity contribution >= 4 is 34.8 Å². The summed E-state index contributed by atoms with van der Waals surface area (Å²) in [4.78, 5) is 8.41. The molecule has 1 heterocycles. The molecule has 3 aromatic carbocycles. The first kappa shape index (κ1) is 25.4. The van der Waals surface area contributed by atoms with E-state index in [1.807, 2.05) is 19.9 Å². The molecule has 1 aromatic heterocycles.